The molecule has 1 atom stereocenters. The van der Waals surface area contributed by atoms with E-state index < -0.39 is 6.04 Å². The highest BCUT2D eigenvalue weighted by molar-refractivity contribution is 5.87. The summed E-state index contributed by atoms with van der Waals surface area (Å²) >= 11 is 0. The lowest BCUT2D eigenvalue weighted by molar-refractivity contribution is -0.129. The van der Waals surface area contributed by atoms with E-state index in [1.165, 1.54) is 141 Å². The van der Waals surface area contributed by atoms with Crippen LogP contribution in [-0.2, 0) is 9.59 Å². The van der Waals surface area contributed by atoms with Crippen molar-refractivity contribution in [2.24, 2.45) is 5.73 Å². The summed E-state index contributed by atoms with van der Waals surface area (Å²) in [5, 5.41) is 5.95. The molecule has 0 aromatic heterocycles. The molecule has 0 rings (SSSR count). The molecule has 42 heavy (non-hydrogen) atoms. The molecule has 0 aliphatic heterocycles. The fourth-order valence-electron chi connectivity index (χ4n) is 5.54. The number of unbranched alkanes of at least 4 members (excludes halogenated alkanes) is 23. The average Bonchev–Trinajstić information content (AvgIpc) is 2.99. The first-order chi connectivity index (χ1) is 20.7. The van der Waals surface area contributed by atoms with Crippen molar-refractivity contribution in [1.82, 2.24) is 10.6 Å². The molecule has 0 aromatic carbocycles. The first-order valence-electron chi connectivity index (χ1n) is 18.6. The minimum absolute atomic E-state index is 0.0258. The summed E-state index contributed by atoms with van der Waals surface area (Å²) in [5.74, 6) is -0.112. The van der Waals surface area contributed by atoms with E-state index in [0.717, 1.165) is 25.7 Å². The largest absolute Gasteiger partial charge is 0.354 e. The van der Waals surface area contributed by atoms with Crippen molar-refractivity contribution in [2.45, 2.75) is 200 Å². The molecule has 0 aliphatic carbocycles. The van der Waals surface area contributed by atoms with E-state index in [0.29, 0.717) is 25.9 Å². The molecule has 0 fully saturated rings. The second-order valence-electron chi connectivity index (χ2n) is 12.6. The third-order valence-electron chi connectivity index (χ3n) is 8.35. The zero-order valence-corrected chi connectivity index (χ0v) is 28.3. The summed E-state index contributed by atoms with van der Waals surface area (Å²) in [5.41, 5.74) is 5.72. The molecule has 5 heteroatoms. The minimum Gasteiger partial charge on any atom is -0.354 e. The van der Waals surface area contributed by atoms with Crippen molar-refractivity contribution in [3.05, 3.63) is 12.2 Å². The van der Waals surface area contributed by atoms with Crippen LogP contribution in [0.1, 0.15) is 194 Å². The van der Waals surface area contributed by atoms with E-state index in [1.54, 1.807) is 0 Å². The van der Waals surface area contributed by atoms with Gasteiger partial charge in [0, 0.05) is 13.0 Å². The lowest BCUT2D eigenvalue weighted by Gasteiger charge is -2.18. The van der Waals surface area contributed by atoms with Crippen LogP contribution in [0.15, 0.2) is 12.2 Å². The number of nitrogens with one attached hydrogen (secondary N) is 2. The molecule has 2 amide bonds. The molecular weight excluding hydrogens is 518 g/mol. The number of amides is 2. The van der Waals surface area contributed by atoms with Crippen LogP contribution in [0.5, 0.6) is 0 Å². The smallest absolute Gasteiger partial charge is 0.242 e. The molecule has 0 aromatic rings. The summed E-state index contributed by atoms with van der Waals surface area (Å²) in [6.07, 6.45) is 39.0. The van der Waals surface area contributed by atoms with Gasteiger partial charge in [0.15, 0.2) is 0 Å². The van der Waals surface area contributed by atoms with Crippen LogP contribution in [0, 0.1) is 0 Å². The predicted octanol–water partition coefficient (Wildman–Crippen LogP) is 10.1. The first kappa shape index (κ1) is 40.6. The van der Waals surface area contributed by atoms with Crippen molar-refractivity contribution >= 4 is 11.8 Å². The monoisotopic (exact) mass is 592 g/mol. The Hall–Kier alpha value is -1.36. The number of nitrogens with two attached hydrogens (primary N) is 1. The molecule has 0 saturated carbocycles. The van der Waals surface area contributed by atoms with Crippen LogP contribution in [0.3, 0.4) is 0 Å². The summed E-state index contributed by atoms with van der Waals surface area (Å²) in [7, 11) is 0. The van der Waals surface area contributed by atoms with Crippen LogP contribution < -0.4 is 16.4 Å². The third-order valence-corrected chi connectivity index (χ3v) is 8.35. The van der Waals surface area contributed by atoms with Gasteiger partial charge in [-0.3, -0.25) is 9.59 Å². The zero-order valence-electron chi connectivity index (χ0n) is 28.3. The maximum absolute atomic E-state index is 12.6. The fourth-order valence-corrected chi connectivity index (χ4v) is 5.54. The summed E-state index contributed by atoms with van der Waals surface area (Å²) in [6, 6.07) is -0.507. The topological polar surface area (TPSA) is 84.2 Å². The van der Waals surface area contributed by atoms with E-state index in [2.05, 4.69) is 36.6 Å². The minimum atomic E-state index is -0.507. The van der Waals surface area contributed by atoms with Crippen LogP contribution in [-0.4, -0.2) is 30.9 Å². The van der Waals surface area contributed by atoms with Gasteiger partial charge in [-0.25, -0.2) is 0 Å². The van der Waals surface area contributed by atoms with Gasteiger partial charge in [-0.05, 0) is 51.5 Å². The third kappa shape index (κ3) is 30.1. The van der Waals surface area contributed by atoms with Crippen molar-refractivity contribution in [3.63, 3.8) is 0 Å². The van der Waals surface area contributed by atoms with Gasteiger partial charge in [0.1, 0.15) is 6.04 Å². The van der Waals surface area contributed by atoms with Crippen LogP contribution in [0.4, 0.5) is 0 Å². The quantitative estimate of drug-likeness (QED) is 0.0524. The molecule has 0 aliphatic rings. The zero-order chi connectivity index (χ0) is 30.8. The molecule has 4 N–H and O–H groups in total. The molecule has 0 saturated heterocycles. The van der Waals surface area contributed by atoms with Crippen molar-refractivity contribution in [1.29, 1.82) is 0 Å². The van der Waals surface area contributed by atoms with E-state index in [4.69, 9.17) is 5.73 Å². The van der Waals surface area contributed by atoms with Crippen molar-refractivity contribution in [2.75, 3.05) is 13.1 Å². The Bertz CT molecular complexity index is 608. The predicted molar refractivity (Wildman–Crippen MR) is 184 cm³/mol. The van der Waals surface area contributed by atoms with Gasteiger partial charge < -0.3 is 16.4 Å². The Morgan fingerprint density at radius 3 is 1.43 bits per heavy atom. The number of allylic oxidation sites excluding steroid dienone is 2. The van der Waals surface area contributed by atoms with E-state index in [1.807, 2.05) is 0 Å². The Morgan fingerprint density at radius 1 is 0.571 bits per heavy atom. The van der Waals surface area contributed by atoms with Gasteiger partial charge in [-0.15, -0.1) is 0 Å². The maximum atomic E-state index is 12.6. The second-order valence-corrected chi connectivity index (χ2v) is 12.6. The summed E-state index contributed by atoms with van der Waals surface area (Å²) in [6.45, 7) is 5.61. The number of hydrogen-bond acceptors (Lipinski definition) is 3. The number of carbonyl (C=O) groups excluding carboxylic acids is 2. The molecule has 0 radical (unpaired) electrons. The number of carbonyl (C=O) groups is 2. The maximum Gasteiger partial charge on any atom is 0.242 e. The molecule has 248 valence electrons. The highest BCUT2D eigenvalue weighted by atomic mass is 16.2. The highest BCUT2D eigenvalue weighted by Gasteiger charge is 2.19. The van der Waals surface area contributed by atoms with Gasteiger partial charge in [0.25, 0.3) is 0 Å². The summed E-state index contributed by atoms with van der Waals surface area (Å²) in [4.78, 5) is 25.0. The lowest BCUT2D eigenvalue weighted by atomic mass is 10.0. The standard InChI is InChI=1S/C37H73N3O2/c1-3-5-7-9-11-13-15-17-18-19-21-23-25-27-29-31-36(41)40-35(32-33-38)37(42)39-34-30-28-26-24-22-20-16-14-12-10-8-6-4-2/h17-18,35H,3-16,19-34,38H2,1-2H3,(H,39,42)(H,40,41)/b18-17-/t35-/m0/s1. The molecule has 0 bridgehead atoms. The Morgan fingerprint density at radius 2 is 0.976 bits per heavy atom. The van der Waals surface area contributed by atoms with Crippen molar-refractivity contribution in [3.8, 4) is 0 Å². The molecule has 0 heterocycles. The SMILES string of the molecule is CCCCCCCC/C=C\CCCCCCCC(=O)N[C@@H](CCN)C(=O)NCCCCCCCCCCCCCCC. The van der Waals surface area contributed by atoms with E-state index in [9.17, 15) is 9.59 Å². The Balaban J connectivity index is 3.68. The average molecular weight is 592 g/mol. The van der Waals surface area contributed by atoms with Crippen molar-refractivity contribution < 1.29 is 9.59 Å². The second kappa shape index (κ2) is 34.1. The molecular formula is C37H73N3O2. The van der Waals surface area contributed by atoms with Crippen LogP contribution in [0.25, 0.3) is 0 Å². The first-order valence-corrected chi connectivity index (χ1v) is 18.6. The normalized spacial score (nSPS) is 12.2. The Kier molecular flexibility index (Phi) is 33.0. The van der Waals surface area contributed by atoms with Crippen LogP contribution >= 0.6 is 0 Å². The van der Waals surface area contributed by atoms with Crippen LogP contribution in [0.2, 0.25) is 0 Å². The Labute approximate surface area is 262 Å². The van der Waals surface area contributed by atoms with Gasteiger partial charge in [0.05, 0.1) is 0 Å². The highest BCUT2D eigenvalue weighted by Crippen LogP contribution is 2.13. The molecule has 5 nitrogen and oxygen atoms in total. The lowest BCUT2D eigenvalue weighted by Crippen LogP contribution is -2.47. The van der Waals surface area contributed by atoms with E-state index >= 15 is 0 Å². The fraction of sp³-hybridized carbons (Fsp3) is 0.892. The van der Waals surface area contributed by atoms with Gasteiger partial charge in [-0.1, -0.05) is 154 Å². The van der Waals surface area contributed by atoms with Gasteiger partial charge in [0.2, 0.25) is 11.8 Å². The number of rotatable bonds is 33. The summed E-state index contributed by atoms with van der Waals surface area (Å²) < 4.78 is 0. The molecule has 0 spiro atoms. The molecule has 0 unspecified atom stereocenters. The van der Waals surface area contributed by atoms with Gasteiger partial charge in [-0.2, -0.15) is 0 Å². The number of hydrogen-bond donors (Lipinski definition) is 3. The van der Waals surface area contributed by atoms with E-state index in [-0.39, 0.29) is 11.8 Å². The van der Waals surface area contributed by atoms with Gasteiger partial charge >= 0.3 is 0 Å².